The first-order valence-electron chi connectivity index (χ1n) is 11.1. The van der Waals surface area contributed by atoms with E-state index in [1.54, 1.807) is 32.0 Å². The molecule has 0 aliphatic carbocycles. The van der Waals surface area contributed by atoms with Gasteiger partial charge in [-0.25, -0.2) is 25.3 Å². The Kier molecular flexibility index (Phi) is 7.84. The van der Waals surface area contributed by atoms with E-state index in [1.165, 1.54) is 40.7 Å². The van der Waals surface area contributed by atoms with Crippen molar-refractivity contribution < 1.29 is 30.0 Å². The van der Waals surface area contributed by atoms with Gasteiger partial charge in [0.05, 0.1) is 38.5 Å². The Hall–Kier alpha value is -2.29. The van der Waals surface area contributed by atoms with E-state index < -0.39 is 29.9 Å². The minimum atomic E-state index is -4.26. The highest BCUT2D eigenvalue weighted by atomic mass is 79.9. The summed E-state index contributed by atoms with van der Waals surface area (Å²) in [7, 11) is -12.1. The summed E-state index contributed by atoms with van der Waals surface area (Å²) in [6, 6.07) is 13.9. The minimum Gasteiger partial charge on any atom is -0.379 e. The average molecular weight is 630 g/mol. The van der Waals surface area contributed by atoms with Crippen molar-refractivity contribution in [1.29, 1.82) is 0 Å². The van der Waals surface area contributed by atoms with Crippen molar-refractivity contribution in [3.05, 3.63) is 76.3 Å². The first-order valence-corrected chi connectivity index (χ1v) is 16.3. The van der Waals surface area contributed by atoms with Crippen LogP contribution in [0, 0.1) is 13.8 Å². The lowest BCUT2D eigenvalue weighted by Gasteiger charge is -2.27. The summed E-state index contributed by atoms with van der Waals surface area (Å²) in [4.78, 5) is -0.452. The lowest BCUT2D eigenvalue weighted by atomic mass is 10.1. The van der Waals surface area contributed by atoms with Crippen LogP contribution in [0.1, 0.15) is 11.1 Å². The van der Waals surface area contributed by atoms with Gasteiger partial charge < -0.3 is 4.74 Å². The highest BCUT2D eigenvalue weighted by molar-refractivity contribution is 9.10. The molecule has 37 heavy (non-hydrogen) atoms. The van der Waals surface area contributed by atoms with E-state index >= 15 is 0 Å². The maximum absolute atomic E-state index is 13.3. The second-order valence-electron chi connectivity index (χ2n) is 8.49. The van der Waals surface area contributed by atoms with Crippen molar-refractivity contribution in [2.24, 2.45) is 0 Å². The van der Waals surface area contributed by atoms with E-state index in [2.05, 4.69) is 20.7 Å². The third-order valence-electron chi connectivity index (χ3n) is 5.90. The number of nitrogens with zero attached hydrogens (tertiary/aromatic N) is 1. The van der Waals surface area contributed by atoms with Gasteiger partial charge in [-0.2, -0.15) is 4.31 Å². The van der Waals surface area contributed by atoms with E-state index in [-0.39, 0.29) is 51.6 Å². The molecule has 0 radical (unpaired) electrons. The van der Waals surface area contributed by atoms with Crippen molar-refractivity contribution in [2.75, 3.05) is 31.0 Å². The second-order valence-corrected chi connectivity index (χ2v) is 14.9. The van der Waals surface area contributed by atoms with Crippen LogP contribution in [0.15, 0.2) is 84.7 Å². The molecule has 1 aliphatic heterocycles. The zero-order valence-electron chi connectivity index (χ0n) is 20.0. The van der Waals surface area contributed by atoms with E-state index in [0.717, 1.165) is 6.07 Å². The van der Waals surface area contributed by atoms with Crippen LogP contribution in [0.3, 0.4) is 0 Å². The van der Waals surface area contributed by atoms with Crippen molar-refractivity contribution in [2.45, 2.75) is 33.4 Å². The van der Waals surface area contributed by atoms with Gasteiger partial charge in [0.1, 0.15) is 0 Å². The molecular formula is C24H25BrN2O7S3. The van der Waals surface area contributed by atoms with Gasteiger partial charge in [-0.15, -0.1) is 0 Å². The molecule has 13 heteroatoms. The monoisotopic (exact) mass is 628 g/mol. The molecule has 0 amide bonds. The van der Waals surface area contributed by atoms with Crippen LogP contribution in [-0.2, 0) is 34.6 Å². The molecule has 0 unspecified atom stereocenters. The van der Waals surface area contributed by atoms with E-state index in [4.69, 9.17) is 4.74 Å². The zero-order valence-corrected chi connectivity index (χ0v) is 24.0. The maximum Gasteiger partial charge on any atom is 0.261 e. The van der Waals surface area contributed by atoms with Gasteiger partial charge in [0.25, 0.3) is 10.0 Å². The fraction of sp³-hybridized carbons (Fsp3) is 0.250. The normalized spacial score (nSPS) is 15.4. The Morgan fingerprint density at radius 2 is 1.41 bits per heavy atom. The van der Waals surface area contributed by atoms with Gasteiger partial charge in [-0.3, -0.25) is 4.72 Å². The summed E-state index contributed by atoms with van der Waals surface area (Å²) in [5, 5.41) is 0. The summed E-state index contributed by atoms with van der Waals surface area (Å²) >= 11 is 3.26. The second kappa shape index (κ2) is 10.5. The van der Waals surface area contributed by atoms with Gasteiger partial charge in [0, 0.05) is 17.6 Å². The number of morpholine rings is 1. The largest absolute Gasteiger partial charge is 0.379 e. The number of rotatable bonds is 7. The van der Waals surface area contributed by atoms with Gasteiger partial charge in [0.15, 0.2) is 0 Å². The average Bonchev–Trinajstić information content (AvgIpc) is 2.86. The zero-order chi connectivity index (χ0) is 27.0. The quantitative estimate of drug-likeness (QED) is 0.422. The Balaban J connectivity index is 1.69. The van der Waals surface area contributed by atoms with Crippen LogP contribution >= 0.6 is 15.9 Å². The predicted molar refractivity (Wildman–Crippen MR) is 142 cm³/mol. The maximum atomic E-state index is 13.3. The molecule has 0 bridgehead atoms. The van der Waals surface area contributed by atoms with E-state index in [0.29, 0.717) is 15.6 Å². The molecule has 0 saturated carbocycles. The molecule has 1 N–H and O–H groups in total. The Morgan fingerprint density at radius 1 is 0.784 bits per heavy atom. The number of benzene rings is 3. The summed E-state index contributed by atoms with van der Waals surface area (Å²) in [6.07, 6.45) is 0. The van der Waals surface area contributed by atoms with Crippen molar-refractivity contribution in [3.63, 3.8) is 0 Å². The number of nitrogens with one attached hydrogen (secondary N) is 1. The number of hydrogen-bond donors (Lipinski definition) is 1. The van der Waals surface area contributed by atoms with Crippen LogP contribution in [0.2, 0.25) is 0 Å². The fourth-order valence-electron chi connectivity index (χ4n) is 3.91. The topological polar surface area (TPSA) is 127 Å². The van der Waals surface area contributed by atoms with Crippen LogP contribution in [-0.4, -0.2) is 55.9 Å². The Bertz CT molecular complexity index is 1650. The first-order chi connectivity index (χ1) is 17.3. The van der Waals surface area contributed by atoms with Gasteiger partial charge >= 0.3 is 0 Å². The molecule has 198 valence electrons. The first kappa shape index (κ1) is 27.7. The number of halogens is 1. The molecule has 4 rings (SSSR count). The van der Waals surface area contributed by atoms with E-state index in [9.17, 15) is 25.3 Å². The molecule has 1 aliphatic rings. The molecule has 0 atom stereocenters. The van der Waals surface area contributed by atoms with Crippen LogP contribution in [0.5, 0.6) is 0 Å². The smallest absolute Gasteiger partial charge is 0.261 e. The molecule has 1 fully saturated rings. The molecule has 0 spiro atoms. The van der Waals surface area contributed by atoms with Crippen molar-refractivity contribution >= 4 is 51.5 Å². The SMILES string of the molecule is Cc1cc(C)c(S(=O)(=O)N2CCOCC2)cc1NS(=O)(=O)c1cccc(S(=O)(=O)c2ccc(Br)cc2)c1. The number of ether oxygens (including phenoxy) is 1. The van der Waals surface area contributed by atoms with Gasteiger partial charge in [0.2, 0.25) is 19.9 Å². The molecule has 0 aromatic heterocycles. The number of sulfone groups is 1. The van der Waals surface area contributed by atoms with Crippen LogP contribution < -0.4 is 4.72 Å². The standard InChI is InChI=1S/C24H25BrN2O7S3/c1-17-14-18(2)24(37(32,33)27-10-12-34-13-11-27)16-23(17)26-36(30,31)22-5-3-4-21(15-22)35(28,29)20-8-6-19(25)7-9-20/h3-9,14-16,26H,10-13H2,1-2H3. The number of sulfonamides is 2. The highest BCUT2D eigenvalue weighted by Crippen LogP contribution is 2.30. The lowest BCUT2D eigenvalue weighted by Crippen LogP contribution is -2.40. The van der Waals surface area contributed by atoms with Gasteiger partial charge in [-0.05, 0) is 73.5 Å². The third kappa shape index (κ3) is 5.76. The van der Waals surface area contributed by atoms with Gasteiger partial charge in [-0.1, -0.05) is 28.1 Å². The number of anilines is 1. The van der Waals surface area contributed by atoms with Crippen LogP contribution in [0.4, 0.5) is 5.69 Å². The molecule has 1 heterocycles. The van der Waals surface area contributed by atoms with Crippen molar-refractivity contribution in [1.82, 2.24) is 4.31 Å². The summed E-state index contributed by atoms with van der Waals surface area (Å²) in [6.45, 7) is 4.28. The Labute approximate surface area is 225 Å². The van der Waals surface area contributed by atoms with Crippen LogP contribution in [0.25, 0.3) is 0 Å². The summed E-state index contributed by atoms with van der Waals surface area (Å²) in [5.41, 5.74) is 1.08. The third-order valence-corrected chi connectivity index (χ3v) is 11.6. The number of aryl methyl sites for hydroxylation is 2. The molecule has 9 nitrogen and oxygen atoms in total. The lowest BCUT2D eigenvalue weighted by molar-refractivity contribution is 0.0730. The fourth-order valence-corrected chi connectivity index (χ4v) is 8.36. The summed E-state index contributed by atoms with van der Waals surface area (Å²) in [5.74, 6) is 0. The predicted octanol–water partition coefficient (Wildman–Crippen LogP) is 3.72. The minimum absolute atomic E-state index is 0.00994. The summed E-state index contributed by atoms with van der Waals surface area (Å²) < 4.78 is 88.9. The molecule has 3 aromatic carbocycles. The van der Waals surface area contributed by atoms with Crippen molar-refractivity contribution in [3.8, 4) is 0 Å². The molecule has 1 saturated heterocycles. The van der Waals surface area contributed by atoms with E-state index in [1.807, 2.05) is 0 Å². The molecular weight excluding hydrogens is 604 g/mol. The highest BCUT2D eigenvalue weighted by Gasteiger charge is 2.29. The molecule has 3 aromatic rings. The Morgan fingerprint density at radius 3 is 2.05 bits per heavy atom. The number of hydrogen-bond acceptors (Lipinski definition) is 7.